The Morgan fingerprint density at radius 2 is 2.20 bits per heavy atom. The molecule has 4 N–H and O–H groups in total. The van der Waals surface area contributed by atoms with E-state index in [1.54, 1.807) is 0 Å². The smallest absolute Gasteiger partial charge is 0.240 e. The quantitative estimate of drug-likeness (QED) is 0.334. The van der Waals surface area contributed by atoms with Gasteiger partial charge in [-0.1, -0.05) is 17.6 Å². The SMILES string of the molecule is NC(=NO)C1CCCC1NS(=O)(=O)c1cccc(F)c1. The molecule has 0 heterocycles. The Balaban J connectivity index is 2.20. The zero-order chi connectivity index (χ0) is 14.8. The van der Waals surface area contributed by atoms with Crippen molar-refractivity contribution in [2.24, 2.45) is 16.8 Å². The number of amidine groups is 1. The first-order valence-electron chi connectivity index (χ1n) is 6.19. The highest BCUT2D eigenvalue weighted by atomic mass is 32.2. The summed E-state index contributed by atoms with van der Waals surface area (Å²) in [5.41, 5.74) is 5.56. The summed E-state index contributed by atoms with van der Waals surface area (Å²) in [6, 6.07) is 4.33. The maximum Gasteiger partial charge on any atom is 0.240 e. The molecule has 2 atom stereocenters. The van der Waals surface area contributed by atoms with E-state index in [1.165, 1.54) is 18.2 Å². The Morgan fingerprint density at radius 3 is 2.85 bits per heavy atom. The fraction of sp³-hybridized carbons (Fsp3) is 0.417. The third-order valence-electron chi connectivity index (χ3n) is 3.42. The first-order chi connectivity index (χ1) is 9.44. The fourth-order valence-electron chi connectivity index (χ4n) is 2.43. The van der Waals surface area contributed by atoms with Crippen LogP contribution in [0.15, 0.2) is 34.3 Å². The average molecular weight is 301 g/mol. The number of sulfonamides is 1. The van der Waals surface area contributed by atoms with Gasteiger partial charge in [-0.3, -0.25) is 0 Å². The molecular formula is C12H16FN3O3S. The van der Waals surface area contributed by atoms with Crippen molar-refractivity contribution in [1.29, 1.82) is 0 Å². The van der Waals surface area contributed by atoms with Gasteiger partial charge >= 0.3 is 0 Å². The van der Waals surface area contributed by atoms with Crippen molar-refractivity contribution in [3.8, 4) is 0 Å². The number of nitrogens with two attached hydrogens (primary N) is 1. The first-order valence-corrected chi connectivity index (χ1v) is 7.67. The standard InChI is InChI=1S/C12H16FN3O3S/c13-8-3-1-4-9(7-8)20(18,19)16-11-6-2-5-10(11)12(14)15-17/h1,3-4,7,10-11,16-17H,2,5-6H2,(H2,14,15). The number of nitrogens with zero attached hydrogens (tertiary/aromatic N) is 1. The second kappa shape index (κ2) is 5.76. The number of nitrogens with one attached hydrogen (secondary N) is 1. The Kier molecular flexibility index (Phi) is 4.24. The van der Waals surface area contributed by atoms with Gasteiger partial charge in [-0.2, -0.15) is 0 Å². The summed E-state index contributed by atoms with van der Waals surface area (Å²) in [5, 5.41) is 11.6. The van der Waals surface area contributed by atoms with Gasteiger partial charge < -0.3 is 10.9 Å². The van der Waals surface area contributed by atoms with Gasteiger partial charge in [0.2, 0.25) is 10.0 Å². The molecule has 20 heavy (non-hydrogen) atoms. The normalized spacial score (nSPS) is 23.9. The Hall–Kier alpha value is -1.67. The number of oxime groups is 1. The molecule has 1 saturated carbocycles. The molecule has 0 aliphatic heterocycles. The molecule has 0 bridgehead atoms. The molecule has 2 rings (SSSR count). The number of benzene rings is 1. The second-order valence-corrected chi connectivity index (χ2v) is 6.46. The van der Waals surface area contributed by atoms with Crippen LogP contribution in [0.2, 0.25) is 0 Å². The highest BCUT2D eigenvalue weighted by Gasteiger charge is 2.34. The summed E-state index contributed by atoms with van der Waals surface area (Å²) < 4.78 is 40.0. The van der Waals surface area contributed by atoms with E-state index < -0.39 is 21.9 Å². The van der Waals surface area contributed by atoms with Crippen molar-refractivity contribution in [2.75, 3.05) is 0 Å². The fourth-order valence-corrected chi connectivity index (χ4v) is 3.77. The van der Waals surface area contributed by atoms with Gasteiger partial charge in [0.25, 0.3) is 0 Å². The van der Waals surface area contributed by atoms with Gasteiger partial charge in [0, 0.05) is 12.0 Å². The lowest BCUT2D eigenvalue weighted by atomic mass is 10.0. The number of rotatable bonds is 4. The third-order valence-corrected chi connectivity index (χ3v) is 4.91. The van der Waals surface area contributed by atoms with Crippen molar-refractivity contribution in [2.45, 2.75) is 30.2 Å². The lowest BCUT2D eigenvalue weighted by Crippen LogP contribution is -2.42. The first kappa shape index (κ1) is 14.7. The van der Waals surface area contributed by atoms with Gasteiger partial charge in [-0.15, -0.1) is 0 Å². The molecule has 2 unspecified atom stereocenters. The molecule has 1 fully saturated rings. The molecule has 1 aliphatic rings. The van der Waals surface area contributed by atoms with Crippen molar-refractivity contribution in [1.82, 2.24) is 4.72 Å². The van der Waals surface area contributed by atoms with Crippen molar-refractivity contribution >= 4 is 15.9 Å². The van der Waals surface area contributed by atoms with E-state index in [9.17, 15) is 12.8 Å². The number of hydrogen-bond acceptors (Lipinski definition) is 4. The summed E-state index contributed by atoms with van der Waals surface area (Å²) in [4.78, 5) is -0.136. The molecule has 0 radical (unpaired) electrons. The molecule has 1 aliphatic carbocycles. The van der Waals surface area contributed by atoms with Gasteiger partial charge in [0.15, 0.2) is 0 Å². The van der Waals surface area contributed by atoms with Crippen LogP contribution >= 0.6 is 0 Å². The lowest BCUT2D eigenvalue weighted by Gasteiger charge is -2.19. The van der Waals surface area contributed by atoms with Crippen LogP contribution in [0.5, 0.6) is 0 Å². The van der Waals surface area contributed by atoms with E-state index >= 15 is 0 Å². The van der Waals surface area contributed by atoms with Gasteiger partial charge in [0.1, 0.15) is 11.7 Å². The average Bonchev–Trinajstić information content (AvgIpc) is 2.85. The minimum Gasteiger partial charge on any atom is -0.409 e. The van der Waals surface area contributed by atoms with Crippen LogP contribution < -0.4 is 10.5 Å². The van der Waals surface area contributed by atoms with Crippen LogP contribution in [0, 0.1) is 11.7 Å². The van der Waals surface area contributed by atoms with E-state index in [4.69, 9.17) is 10.9 Å². The predicted molar refractivity (Wildman–Crippen MR) is 71.3 cm³/mol. The topological polar surface area (TPSA) is 105 Å². The van der Waals surface area contributed by atoms with Gasteiger partial charge in [0.05, 0.1) is 4.90 Å². The molecule has 0 spiro atoms. The van der Waals surface area contributed by atoms with Crippen LogP contribution in [0.4, 0.5) is 4.39 Å². The number of halogens is 1. The second-order valence-electron chi connectivity index (χ2n) is 4.75. The zero-order valence-electron chi connectivity index (χ0n) is 10.7. The van der Waals surface area contributed by atoms with E-state index in [0.29, 0.717) is 12.8 Å². The Labute approximate surface area is 116 Å². The van der Waals surface area contributed by atoms with Crippen molar-refractivity contribution in [3.05, 3.63) is 30.1 Å². The summed E-state index contributed by atoms with van der Waals surface area (Å²) in [6.45, 7) is 0. The molecule has 0 saturated heterocycles. The van der Waals surface area contributed by atoms with Crippen molar-refractivity contribution in [3.63, 3.8) is 0 Å². The molecule has 6 nitrogen and oxygen atoms in total. The third kappa shape index (κ3) is 3.07. The van der Waals surface area contributed by atoms with Gasteiger partial charge in [-0.05, 0) is 31.0 Å². The molecule has 0 aromatic heterocycles. The monoisotopic (exact) mass is 301 g/mol. The van der Waals surface area contributed by atoms with Crippen LogP contribution in [0.3, 0.4) is 0 Å². The maximum absolute atomic E-state index is 13.1. The molecule has 8 heteroatoms. The maximum atomic E-state index is 13.1. The Bertz CT molecular complexity index is 618. The van der Waals surface area contributed by atoms with Crippen LogP contribution in [0.25, 0.3) is 0 Å². The van der Waals surface area contributed by atoms with E-state index in [-0.39, 0.29) is 16.6 Å². The molecular weight excluding hydrogens is 285 g/mol. The van der Waals surface area contributed by atoms with Crippen LogP contribution in [0.1, 0.15) is 19.3 Å². The minimum absolute atomic E-state index is 0.00874. The predicted octanol–water partition coefficient (Wildman–Crippen LogP) is 1.02. The summed E-state index contributed by atoms with van der Waals surface area (Å²) in [5.74, 6) is -0.954. The molecule has 1 aromatic rings. The lowest BCUT2D eigenvalue weighted by molar-refractivity contribution is 0.312. The highest BCUT2D eigenvalue weighted by Crippen LogP contribution is 2.27. The van der Waals surface area contributed by atoms with Crippen LogP contribution in [-0.4, -0.2) is 25.5 Å². The highest BCUT2D eigenvalue weighted by molar-refractivity contribution is 7.89. The zero-order valence-corrected chi connectivity index (χ0v) is 11.5. The van der Waals surface area contributed by atoms with Crippen LogP contribution in [-0.2, 0) is 10.0 Å². The van der Waals surface area contributed by atoms with E-state index in [1.807, 2.05) is 0 Å². The summed E-state index contributed by atoms with van der Waals surface area (Å²) in [6.07, 6.45) is 2.01. The summed E-state index contributed by atoms with van der Waals surface area (Å²) in [7, 11) is -3.82. The molecule has 110 valence electrons. The minimum atomic E-state index is -3.82. The van der Waals surface area contributed by atoms with Gasteiger partial charge in [-0.25, -0.2) is 17.5 Å². The van der Waals surface area contributed by atoms with E-state index in [2.05, 4.69) is 9.88 Å². The number of hydrogen-bond donors (Lipinski definition) is 3. The van der Waals surface area contributed by atoms with Crippen molar-refractivity contribution < 1.29 is 18.0 Å². The summed E-state index contributed by atoms with van der Waals surface area (Å²) >= 11 is 0. The Morgan fingerprint density at radius 1 is 1.45 bits per heavy atom. The molecule has 1 aromatic carbocycles. The van der Waals surface area contributed by atoms with E-state index in [0.717, 1.165) is 12.5 Å². The largest absolute Gasteiger partial charge is 0.409 e. The molecule has 0 amide bonds.